The number of aromatic nitrogens is 4. The zero-order valence-corrected chi connectivity index (χ0v) is 27.3. The fourth-order valence-corrected chi connectivity index (χ4v) is 6.06. The Morgan fingerprint density at radius 2 is 1.23 bits per heavy atom. The van der Waals surface area contributed by atoms with E-state index in [0.29, 0.717) is 37.9 Å². The lowest BCUT2D eigenvalue weighted by atomic mass is 10.0. The lowest BCUT2D eigenvalue weighted by Gasteiger charge is -2.32. The van der Waals surface area contributed by atoms with Gasteiger partial charge in [0, 0.05) is 104 Å². The zero-order valence-electron chi connectivity index (χ0n) is 27.3. The molecule has 8 rings (SSSR count). The van der Waals surface area contributed by atoms with E-state index in [1.54, 1.807) is 25.3 Å². The Kier molecular flexibility index (Phi) is 8.93. The minimum atomic E-state index is 0.109. The molecule has 13 nitrogen and oxygen atoms in total. The van der Waals surface area contributed by atoms with Crippen molar-refractivity contribution in [2.24, 2.45) is 9.98 Å². The number of carbonyl (C=O) groups excluding carboxylic acids is 1. The molecule has 13 heteroatoms. The molecular weight excluding hydrogens is 610 g/mol. The molecule has 0 aliphatic carbocycles. The van der Waals surface area contributed by atoms with E-state index in [4.69, 9.17) is 14.2 Å². The first-order valence-corrected chi connectivity index (χ1v) is 15.9. The van der Waals surface area contributed by atoms with Crippen molar-refractivity contribution in [1.82, 2.24) is 24.8 Å². The highest BCUT2D eigenvalue weighted by atomic mass is 16.5. The van der Waals surface area contributed by atoms with E-state index in [0.717, 1.165) is 89.3 Å². The maximum Gasteiger partial charge on any atom is 0.241 e. The number of nitrogens with zero attached hydrogens (tertiary/aromatic N) is 9. The summed E-state index contributed by atoms with van der Waals surface area (Å²) in [6, 6.07) is 11.9. The van der Waals surface area contributed by atoms with Gasteiger partial charge in [-0.25, -0.2) is 19.9 Å². The molecule has 0 aromatic carbocycles. The van der Waals surface area contributed by atoms with Gasteiger partial charge in [0.05, 0.1) is 58.5 Å². The first kappa shape index (κ1) is 31.2. The van der Waals surface area contributed by atoms with Gasteiger partial charge in [0.25, 0.3) is 0 Å². The average Bonchev–Trinajstić information content (AvgIpc) is 3.77. The van der Waals surface area contributed by atoms with Gasteiger partial charge in [-0.05, 0) is 24.3 Å². The molecule has 4 aliphatic rings. The number of hydrogen-bond donors (Lipinski definition) is 0. The maximum atomic E-state index is 12.0. The third-order valence-corrected chi connectivity index (χ3v) is 8.82. The van der Waals surface area contributed by atoms with Crippen molar-refractivity contribution in [3.05, 3.63) is 94.6 Å². The molecule has 0 bridgehead atoms. The van der Waals surface area contributed by atoms with E-state index in [9.17, 15) is 4.79 Å². The summed E-state index contributed by atoms with van der Waals surface area (Å²) in [5.74, 6) is 3.07. The van der Waals surface area contributed by atoms with Gasteiger partial charge in [-0.3, -0.25) is 14.8 Å². The van der Waals surface area contributed by atoms with Crippen molar-refractivity contribution in [2.45, 2.75) is 13.1 Å². The highest BCUT2D eigenvalue weighted by Gasteiger charge is 2.25. The summed E-state index contributed by atoms with van der Waals surface area (Å²) in [6.07, 6.45) is 7.27. The molecule has 8 heterocycles. The molecule has 0 saturated carbocycles. The number of hydrogen-bond acceptors (Lipinski definition) is 12. The molecule has 0 N–H and O–H groups in total. The number of likely N-dealkylation sites (N-methyl/N-ethyl adjacent to an activating group) is 1. The number of amides is 1. The Morgan fingerprint density at radius 3 is 1.75 bits per heavy atom. The first-order valence-electron chi connectivity index (χ1n) is 15.9. The van der Waals surface area contributed by atoms with E-state index in [-0.39, 0.29) is 5.91 Å². The summed E-state index contributed by atoms with van der Waals surface area (Å²) in [5.41, 5.74) is 8.32. The van der Waals surface area contributed by atoms with Gasteiger partial charge in [0.2, 0.25) is 17.7 Å². The van der Waals surface area contributed by atoms with Crippen LogP contribution in [0.5, 0.6) is 11.8 Å². The number of carbonyl (C=O) groups is 1. The predicted molar refractivity (Wildman–Crippen MR) is 182 cm³/mol. The number of methoxy groups -OCH3 is 2. The van der Waals surface area contributed by atoms with E-state index < -0.39 is 0 Å². The van der Waals surface area contributed by atoms with E-state index >= 15 is 0 Å². The second-order valence-corrected chi connectivity index (χ2v) is 11.7. The van der Waals surface area contributed by atoms with Crippen molar-refractivity contribution in [3.63, 3.8) is 0 Å². The SMILES string of the molecule is COc1cc2c(cn1)CN=C2c1ccnc(N2CCN(C)C(=O)C2)c1.COc1cc2c(cn1)CN=C2c1ccnc(N2CCOCC2)c1. The highest BCUT2D eigenvalue weighted by molar-refractivity contribution is 6.16. The van der Waals surface area contributed by atoms with Gasteiger partial charge in [0.1, 0.15) is 11.6 Å². The maximum absolute atomic E-state index is 12.0. The van der Waals surface area contributed by atoms with Crippen molar-refractivity contribution in [3.8, 4) is 11.8 Å². The predicted octanol–water partition coefficient (Wildman–Crippen LogP) is 2.79. The van der Waals surface area contributed by atoms with Crippen LogP contribution in [0.15, 0.2) is 71.2 Å². The van der Waals surface area contributed by atoms with Crippen LogP contribution in [0.3, 0.4) is 0 Å². The first-order chi connectivity index (χ1) is 23.5. The molecule has 4 aliphatic heterocycles. The molecule has 48 heavy (non-hydrogen) atoms. The van der Waals surface area contributed by atoms with Crippen LogP contribution in [0.25, 0.3) is 0 Å². The number of aliphatic imine (C=N–C) groups is 2. The van der Waals surface area contributed by atoms with Gasteiger partial charge in [-0.15, -0.1) is 0 Å². The third kappa shape index (κ3) is 6.41. The molecule has 1 amide bonds. The lowest BCUT2D eigenvalue weighted by Crippen LogP contribution is -2.48. The molecule has 4 aromatic heterocycles. The zero-order chi connectivity index (χ0) is 33.0. The fraction of sp³-hybridized carbons (Fsp3) is 0.343. The number of piperazine rings is 1. The second kappa shape index (κ2) is 13.7. The van der Waals surface area contributed by atoms with Crippen LogP contribution >= 0.6 is 0 Å². The molecule has 246 valence electrons. The summed E-state index contributed by atoms with van der Waals surface area (Å²) in [7, 11) is 5.06. The summed E-state index contributed by atoms with van der Waals surface area (Å²) in [5, 5.41) is 0. The van der Waals surface area contributed by atoms with Gasteiger partial charge < -0.3 is 28.9 Å². The van der Waals surface area contributed by atoms with Gasteiger partial charge in [-0.1, -0.05) is 0 Å². The van der Waals surface area contributed by atoms with Gasteiger partial charge in [0.15, 0.2) is 0 Å². The molecule has 2 fully saturated rings. The quantitative estimate of drug-likeness (QED) is 0.308. The largest absolute Gasteiger partial charge is 0.481 e. The van der Waals surface area contributed by atoms with Gasteiger partial charge >= 0.3 is 0 Å². The summed E-state index contributed by atoms with van der Waals surface area (Å²) >= 11 is 0. The Balaban J connectivity index is 0.000000152. The highest BCUT2D eigenvalue weighted by Crippen LogP contribution is 2.28. The average molecular weight is 648 g/mol. The van der Waals surface area contributed by atoms with E-state index in [1.807, 2.05) is 60.9 Å². The monoisotopic (exact) mass is 647 g/mol. The topological polar surface area (TPSA) is 131 Å². The molecular formula is C35H37N9O4. The molecule has 0 radical (unpaired) electrons. The van der Waals surface area contributed by atoms with Crippen LogP contribution in [0.4, 0.5) is 11.6 Å². The van der Waals surface area contributed by atoms with E-state index in [1.165, 1.54) is 0 Å². The molecule has 4 aromatic rings. The van der Waals surface area contributed by atoms with Crippen molar-refractivity contribution in [1.29, 1.82) is 0 Å². The minimum Gasteiger partial charge on any atom is -0.481 e. The Morgan fingerprint density at radius 1 is 0.688 bits per heavy atom. The Hall–Kier alpha value is -5.43. The molecule has 0 unspecified atom stereocenters. The number of ether oxygens (including phenoxy) is 3. The summed E-state index contributed by atoms with van der Waals surface area (Å²) < 4.78 is 15.9. The number of anilines is 2. The van der Waals surface area contributed by atoms with Crippen LogP contribution in [-0.2, 0) is 22.6 Å². The normalized spacial score (nSPS) is 16.8. The van der Waals surface area contributed by atoms with Crippen molar-refractivity contribution < 1.29 is 19.0 Å². The van der Waals surface area contributed by atoms with Crippen LogP contribution < -0.4 is 19.3 Å². The van der Waals surface area contributed by atoms with Crippen LogP contribution in [-0.4, -0.2) is 109 Å². The minimum absolute atomic E-state index is 0.109. The molecule has 0 atom stereocenters. The Labute approximate surface area is 279 Å². The van der Waals surface area contributed by atoms with E-state index in [2.05, 4.69) is 40.9 Å². The van der Waals surface area contributed by atoms with Crippen LogP contribution in [0.2, 0.25) is 0 Å². The second-order valence-electron chi connectivity index (χ2n) is 11.7. The fourth-order valence-electron chi connectivity index (χ4n) is 6.06. The number of fused-ring (bicyclic) bond motifs is 2. The number of morpholine rings is 1. The lowest BCUT2D eigenvalue weighted by molar-refractivity contribution is -0.129. The van der Waals surface area contributed by atoms with Crippen LogP contribution in [0, 0.1) is 0 Å². The smallest absolute Gasteiger partial charge is 0.241 e. The summed E-state index contributed by atoms with van der Waals surface area (Å²) in [6.45, 7) is 6.36. The van der Waals surface area contributed by atoms with Crippen LogP contribution in [0.1, 0.15) is 33.4 Å². The third-order valence-electron chi connectivity index (χ3n) is 8.82. The number of rotatable bonds is 6. The van der Waals surface area contributed by atoms with Gasteiger partial charge in [-0.2, -0.15) is 0 Å². The van der Waals surface area contributed by atoms with Crippen molar-refractivity contribution >= 4 is 29.0 Å². The molecule has 0 spiro atoms. The standard InChI is InChI=1S/C18H19N5O2.C17H18N4O2/c1-22-5-6-23(11-17(22)24)15-7-12(3-4-19-15)18-14-8-16(25-2)20-9-13(14)10-21-18;1-22-16-9-14-13(10-19-16)11-20-17(14)12-2-3-18-15(8-12)21-4-6-23-7-5-21/h3-4,7-9H,5-6,10-11H2,1-2H3;2-3,8-10H,4-7,11H2,1H3. The summed E-state index contributed by atoms with van der Waals surface area (Å²) in [4.78, 5) is 44.8. The number of pyridine rings is 4. The Bertz CT molecular complexity index is 1890. The van der Waals surface area contributed by atoms with Crippen molar-refractivity contribution in [2.75, 3.05) is 77.0 Å². The molecule has 2 saturated heterocycles.